The molecule has 0 bridgehead atoms. The first-order chi connectivity index (χ1) is 9.29. The van der Waals surface area contributed by atoms with Crippen molar-refractivity contribution >= 4 is 5.91 Å². The molecule has 5 nitrogen and oxygen atoms in total. The third-order valence-corrected chi connectivity index (χ3v) is 3.34. The van der Waals surface area contributed by atoms with E-state index in [1.54, 1.807) is 0 Å². The zero-order valence-corrected chi connectivity index (χ0v) is 12.3. The number of ether oxygens (including phenoxy) is 2. The fourth-order valence-electron chi connectivity index (χ4n) is 2.25. The van der Waals surface area contributed by atoms with Crippen LogP contribution in [0.2, 0.25) is 0 Å². The summed E-state index contributed by atoms with van der Waals surface area (Å²) in [4.78, 5) is 14.3. The van der Waals surface area contributed by atoms with Crippen molar-refractivity contribution in [1.82, 2.24) is 10.2 Å². The molecule has 1 rings (SSSR count). The van der Waals surface area contributed by atoms with Crippen LogP contribution < -0.4 is 5.32 Å². The minimum atomic E-state index is -0.0167. The normalized spacial score (nSPS) is 19.4. The van der Waals surface area contributed by atoms with Crippen LogP contribution in [0, 0.1) is 0 Å². The van der Waals surface area contributed by atoms with Crippen molar-refractivity contribution in [3.63, 3.8) is 0 Å². The summed E-state index contributed by atoms with van der Waals surface area (Å²) < 4.78 is 10.7. The number of carbonyl (C=O) groups excluding carboxylic acids is 1. The Morgan fingerprint density at radius 3 is 2.26 bits per heavy atom. The first-order valence-corrected chi connectivity index (χ1v) is 7.47. The van der Waals surface area contributed by atoms with Crippen molar-refractivity contribution < 1.29 is 14.3 Å². The number of nitrogens with one attached hydrogen (secondary N) is 1. The lowest BCUT2D eigenvalue weighted by Crippen LogP contribution is -2.50. The molecule has 1 aliphatic heterocycles. The molecule has 0 radical (unpaired) electrons. The Labute approximate surface area is 116 Å². The summed E-state index contributed by atoms with van der Waals surface area (Å²) >= 11 is 0. The van der Waals surface area contributed by atoms with Gasteiger partial charge in [0.1, 0.15) is 0 Å². The summed E-state index contributed by atoms with van der Waals surface area (Å²) in [5.41, 5.74) is 0. The first-order valence-electron chi connectivity index (χ1n) is 7.47. The van der Waals surface area contributed by atoms with Gasteiger partial charge in [0.25, 0.3) is 0 Å². The largest absolute Gasteiger partial charge is 0.380 e. The Bertz CT molecular complexity index is 233. The molecule has 1 unspecified atom stereocenters. The van der Waals surface area contributed by atoms with E-state index < -0.39 is 0 Å². The molecule has 0 aromatic rings. The third kappa shape index (κ3) is 6.36. The molecule has 0 aromatic carbocycles. The van der Waals surface area contributed by atoms with E-state index >= 15 is 0 Å². The lowest BCUT2D eigenvalue weighted by atomic mass is 10.0. The van der Waals surface area contributed by atoms with Crippen molar-refractivity contribution in [2.75, 3.05) is 46.1 Å². The van der Waals surface area contributed by atoms with Crippen molar-refractivity contribution in [2.24, 2.45) is 0 Å². The molecule has 19 heavy (non-hydrogen) atoms. The second-order valence-corrected chi connectivity index (χ2v) is 4.72. The SMILES string of the molecule is CCOCCN(CCOCC)C(=O)C1CCCCN1. The van der Waals surface area contributed by atoms with E-state index in [-0.39, 0.29) is 11.9 Å². The molecular formula is C14H28N2O3. The second kappa shape index (κ2) is 10.2. The molecule has 1 saturated heterocycles. The van der Waals surface area contributed by atoms with Gasteiger partial charge in [-0.15, -0.1) is 0 Å². The molecule has 1 atom stereocenters. The molecule has 1 heterocycles. The summed E-state index contributed by atoms with van der Waals surface area (Å²) in [5.74, 6) is 0.194. The van der Waals surface area contributed by atoms with E-state index in [9.17, 15) is 4.79 Å². The van der Waals surface area contributed by atoms with Crippen LogP contribution in [0.15, 0.2) is 0 Å². The molecule has 5 heteroatoms. The summed E-state index contributed by atoms with van der Waals surface area (Å²) in [6.45, 7) is 8.76. The first kappa shape index (κ1) is 16.4. The molecule has 1 fully saturated rings. The maximum absolute atomic E-state index is 12.4. The number of piperidine rings is 1. The molecule has 0 aromatic heterocycles. The molecule has 0 aliphatic carbocycles. The Morgan fingerprint density at radius 2 is 1.79 bits per heavy atom. The van der Waals surface area contributed by atoms with Crippen LogP contribution in [0.5, 0.6) is 0 Å². The van der Waals surface area contributed by atoms with Crippen LogP contribution in [-0.4, -0.2) is 62.9 Å². The quantitative estimate of drug-likeness (QED) is 0.637. The summed E-state index contributed by atoms with van der Waals surface area (Å²) in [7, 11) is 0. The maximum atomic E-state index is 12.4. The highest BCUT2D eigenvalue weighted by Gasteiger charge is 2.25. The number of carbonyl (C=O) groups is 1. The zero-order valence-electron chi connectivity index (χ0n) is 12.3. The topological polar surface area (TPSA) is 50.8 Å². The van der Waals surface area contributed by atoms with Gasteiger partial charge in [-0.25, -0.2) is 0 Å². The van der Waals surface area contributed by atoms with Gasteiger partial charge in [0.15, 0.2) is 0 Å². The smallest absolute Gasteiger partial charge is 0.239 e. The Balaban J connectivity index is 2.41. The van der Waals surface area contributed by atoms with Gasteiger partial charge in [-0.3, -0.25) is 4.79 Å². The minimum absolute atomic E-state index is 0.0167. The average molecular weight is 272 g/mol. The van der Waals surface area contributed by atoms with E-state index in [1.165, 1.54) is 6.42 Å². The highest BCUT2D eigenvalue weighted by molar-refractivity contribution is 5.82. The number of nitrogens with zero attached hydrogens (tertiary/aromatic N) is 1. The highest BCUT2D eigenvalue weighted by Crippen LogP contribution is 2.10. The van der Waals surface area contributed by atoms with Crippen molar-refractivity contribution in [1.29, 1.82) is 0 Å². The number of hydrogen-bond donors (Lipinski definition) is 1. The van der Waals surface area contributed by atoms with E-state index in [1.807, 2.05) is 18.7 Å². The predicted octanol–water partition coefficient (Wildman–Crippen LogP) is 1.03. The monoisotopic (exact) mass is 272 g/mol. The maximum Gasteiger partial charge on any atom is 0.239 e. The highest BCUT2D eigenvalue weighted by atomic mass is 16.5. The van der Waals surface area contributed by atoms with Gasteiger partial charge >= 0.3 is 0 Å². The van der Waals surface area contributed by atoms with Crippen molar-refractivity contribution in [2.45, 2.75) is 39.2 Å². The number of hydrogen-bond acceptors (Lipinski definition) is 4. The molecular weight excluding hydrogens is 244 g/mol. The van der Waals surface area contributed by atoms with Crippen LogP contribution >= 0.6 is 0 Å². The van der Waals surface area contributed by atoms with E-state index in [2.05, 4.69) is 5.32 Å². The van der Waals surface area contributed by atoms with Gasteiger partial charge in [-0.1, -0.05) is 6.42 Å². The molecule has 0 saturated carbocycles. The predicted molar refractivity (Wildman–Crippen MR) is 75.2 cm³/mol. The van der Waals surface area contributed by atoms with E-state index in [4.69, 9.17) is 9.47 Å². The molecule has 1 aliphatic rings. The fraction of sp³-hybridized carbons (Fsp3) is 0.929. The lowest BCUT2D eigenvalue weighted by Gasteiger charge is -2.30. The van der Waals surface area contributed by atoms with Gasteiger partial charge in [-0.05, 0) is 33.2 Å². The Morgan fingerprint density at radius 1 is 1.16 bits per heavy atom. The van der Waals surface area contributed by atoms with Gasteiger partial charge in [0.2, 0.25) is 5.91 Å². The van der Waals surface area contributed by atoms with Crippen molar-refractivity contribution in [3.8, 4) is 0 Å². The Kier molecular flexibility index (Phi) is 8.79. The molecule has 1 amide bonds. The minimum Gasteiger partial charge on any atom is -0.380 e. The molecule has 112 valence electrons. The fourth-order valence-corrected chi connectivity index (χ4v) is 2.25. The van der Waals surface area contributed by atoms with E-state index in [0.717, 1.165) is 19.4 Å². The van der Waals surface area contributed by atoms with Crippen LogP contribution in [-0.2, 0) is 14.3 Å². The summed E-state index contributed by atoms with van der Waals surface area (Å²) in [6.07, 6.45) is 3.24. The van der Waals surface area contributed by atoms with Crippen LogP contribution in [0.3, 0.4) is 0 Å². The zero-order chi connectivity index (χ0) is 13.9. The third-order valence-electron chi connectivity index (χ3n) is 3.34. The van der Waals surface area contributed by atoms with Gasteiger partial charge in [0, 0.05) is 26.3 Å². The number of rotatable bonds is 9. The summed E-state index contributed by atoms with van der Waals surface area (Å²) in [6, 6.07) is -0.0167. The van der Waals surface area contributed by atoms with Crippen LogP contribution in [0.4, 0.5) is 0 Å². The Hall–Kier alpha value is -0.650. The average Bonchev–Trinajstić information content (AvgIpc) is 2.46. The van der Waals surface area contributed by atoms with Gasteiger partial charge < -0.3 is 19.7 Å². The van der Waals surface area contributed by atoms with Crippen molar-refractivity contribution in [3.05, 3.63) is 0 Å². The van der Waals surface area contributed by atoms with Crippen LogP contribution in [0.25, 0.3) is 0 Å². The lowest BCUT2D eigenvalue weighted by molar-refractivity contribution is -0.135. The number of amides is 1. The van der Waals surface area contributed by atoms with Gasteiger partial charge in [-0.2, -0.15) is 0 Å². The van der Waals surface area contributed by atoms with E-state index in [0.29, 0.717) is 39.5 Å². The molecule has 0 spiro atoms. The standard InChI is InChI=1S/C14H28N2O3/c1-3-18-11-9-16(10-12-19-4-2)14(17)13-7-5-6-8-15-13/h13,15H,3-12H2,1-2H3. The molecule has 1 N–H and O–H groups in total. The van der Waals surface area contributed by atoms with Crippen LogP contribution in [0.1, 0.15) is 33.1 Å². The summed E-state index contributed by atoms with van der Waals surface area (Å²) in [5, 5.41) is 3.31. The second-order valence-electron chi connectivity index (χ2n) is 4.72. The van der Waals surface area contributed by atoms with Gasteiger partial charge in [0.05, 0.1) is 19.3 Å².